The van der Waals surface area contributed by atoms with Gasteiger partial charge in [-0.05, 0) is 38.1 Å². The third kappa shape index (κ3) is 2.59. The predicted molar refractivity (Wildman–Crippen MR) is 77.0 cm³/mol. The highest BCUT2D eigenvalue weighted by Gasteiger charge is 2.12. The van der Waals surface area contributed by atoms with Crippen LogP contribution >= 0.6 is 0 Å². The summed E-state index contributed by atoms with van der Waals surface area (Å²) in [5.74, 6) is 2.25. The fourth-order valence-corrected chi connectivity index (χ4v) is 1.89. The topological polar surface area (TPSA) is 64.3 Å². The SMILES string of the molecule is COc1ccc(N(C)c2nc(C)nc(C)c2N)cc1. The van der Waals surface area contributed by atoms with Gasteiger partial charge in [-0.2, -0.15) is 0 Å². The van der Waals surface area contributed by atoms with Crippen molar-refractivity contribution in [3.05, 3.63) is 35.8 Å². The fraction of sp³-hybridized carbons (Fsp3) is 0.286. The van der Waals surface area contributed by atoms with Crippen molar-refractivity contribution in [1.29, 1.82) is 0 Å². The standard InChI is InChI=1S/C14H18N4O/c1-9-13(15)14(17-10(2)16-9)18(3)11-5-7-12(19-4)8-6-11/h5-8H,15H2,1-4H3. The van der Waals surface area contributed by atoms with Gasteiger partial charge in [-0.25, -0.2) is 9.97 Å². The Morgan fingerprint density at radius 1 is 1.11 bits per heavy atom. The van der Waals surface area contributed by atoms with E-state index in [2.05, 4.69) is 9.97 Å². The fourth-order valence-electron chi connectivity index (χ4n) is 1.89. The zero-order chi connectivity index (χ0) is 14.0. The number of nitrogens with zero attached hydrogens (tertiary/aromatic N) is 3. The smallest absolute Gasteiger partial charge is 0.160 e. The summed E-state index contributed by atoms with van der Waals surface area (Å²) in [7, 11) is 3.58. The van der Waals surface area contributed by atoms with Gasteiger partial charge in [0.2, 0.25) is 0 Å². The Bertz CT molecular complexity index is 581. The highest BCUT2D eigenvalue weighted by atomic mass is 16.5. The molecule has 0 bridgehead atoms. The zero-order valence-corrected chi connectivity index (χ0v) is 11.6. The van der Waals surface area contributed by atoms with Crippen LogP contribution in [0.5, 0.6) is 5.75 Å². The molecule has 19 heavy (non-hydrogen) atoms. The van der Waals surface area contributed by atoms with Crippen molar-refractivity contribution in [2.75, 3.05) is 24.8 Å². The number of ether oxygens (including phenoxy) is 1. The Morgan fingerprint density at radius 2 is 1.74 bits per heavy atom. The number of anilines is 3. The molecule has 0 unspecified atom stereocenters. The van der Waals surface area contributed by atoms with Gasteiger partial charge in [0, 0.05) is 12.7 Å². The van der Waals surface area contributed by atoms with Crippen LogP contribution in [0.4, 0.5) is 17.2 Å². The first-order valence-corrected chi connectivity index (χ1v) is 6.01. The van der Waals surface area contributed by atoms with Crippen LogP contribution in [0.25, 0.3) is 0 Å². The van der Waals surface area contributed by atoms with E-state index >= 15 is 0 Å². The molecule has 0 fully saturated rings. The van der Waals surface area contributed by atoms with Crippen LogP contribution in [-0.2, 0) is 0 Å². The molecule has 2 N–H and O–H groups in total. The minimum Gasteiger partial charge on any atom is -0.497 e. The number of benzene rings is 1. The molecule has 5 heteroatoms. The van der Waals surface area contributed by atoms with Crippen molar-refractivity contribution in [1.82, 2.24) is 9.97 Å². The first kappa shape index (κ1) is 13.1. The van der Waals surface area contributed by atoms with Gasteiger partial charge < -0.3 is 15.4 Å². The normalized spacial score (nSPS) is 10.3. The first-order chi connectivity index (χ1) is 9.02. The second kappa shape index (κ2) is 5.14. The molecule has 0 saturated heterocycles. The molecule has 0 amide bonds. The van der Waals surface area contributed by atoms with E-state index < -0.39 is 0 Å². The minimum absolute atomic E-state index is 0.601. The minimum atomic E-state index is 0.601. The van der Waals surface area contributed by atoms with Gasteiger partial charge in [-0.15, -0.1) is 0 Å². The lowest BCUT2D eigenvalue weighted by molar-refractivity contribution is 0.415. The van der Waals surface area contributed by atoms with Crippen LogP contribution < -0.4 is 15.4 Å². The molecule has 0 spiro atoms. The molecule has 0 radical (unpaired) electrons. The van der Waals surface area contributed by atoms with Crippen molar-refractivity contribution in [3.63, 3.8) is 0 Å². The summed E-state index contributed by atoms with van der Waals surface area (Å²) in [5.41, 5.74) is 8.44. The van der Waals surface area contributed by atoms with Gasteiger partial charge in [0.15, 0.2) is 5.82 Å². The van der Waals surface area contributed by atoms with E-state index in [0.717, 1.165) is 22.9 Å². The van der Waals surface area contributed by atoms with Crippen molar-refractivity contribution in [2.45, 2.75) is 13.8 Å². The molecule has 1 heterocycles. The Morgan fingerprint density at radius 3 is 2.32 bits per heavy atom. The highest BCUT2D eigenvalue weighted by Crippen LogP contribution is 2.29. The number of hydrogen-bond acceptors (Lipinski definition) is 5. The number of aromatic nitrogens is 2. The molecule has 5 nitrogen and oxygen atoms in total. The average Bonchev–Trinajstić information content (AvgIpc) is 2.42. The van der Waals surface area contributed by atoms with Crippen LogP contribution in [0, 0.1) is 13.8 Å². The first-order valence-electron chi connectivity index (χ1n) is 6.01. The predicted octanol–water partition coefficient (Wildman–Crippen LogP) is 2.45. The number of hydrogen-bond donors (Lipinski definition) is 1. The molecule has 0 saturated carbocycles. The third-order valence-corrected chi connectivity index (χ3v) is 3.01. The van der Waals surface area contributed by atoms with E-state index in [9.17, 15) is 0 Å². The third-order valence-electron chi connectivity index (χ3n) is 3.01. The van der Waals surface area contributed by atoms with Gasteiger partial charge in [-0.3, -0.25) is 0 Å². The van der Waals surface area contributed by atoms with E-state index in [1.54, 1.807) is 7.11 Å². The van der Waals surface area contributed by atoms with Gasteiger partial charge in [-0.1, -0.05) is 0 Å². The van der Waals surface area contributed by atoms with E-state index in [4.69, 9.17) is 10.5 Å². The van der Waals surface area contributed by atoms with Gasteiger partial charge in [0.25, 0.3) is 0 Å². The second-order valence-corrected chi connectivity index (χ2v) is 4.35. The summed E-state index contributed by atoms with van der Waals surface area (Å²) in [4.78, 5) is 10.6. The van der Waals surface area contributed by atoms with E-state index in [1.807, 2.05) is 50.1 Å². The Hall–Kier alpha value is -2.30. The highest BCUT2D eigenvalue weighted by molar-refractivity contribution is 5.72. The lowest BCUT2D eigenvalue weighted by atomic mass is 10.2. The zero-order valence-electron chi connectivity index (χ0n) is 11.6. The molecule has 1 aromatic heterocycles. The number of aryl methyl sites for hydroxylation is 2. The van der Waals surface area contributed by atoms with Crippen LogP contribution in [0.15, 0.2) is 24.3 Å². The molecule has 2 aromatic rings. The maximum absolute atomic E-state index is 6.05. The average molecular weight is 258 g/mol. The summed E-state index contributed by atoms with van der Waals surface area (Å²) < 4.78 is 5.15. The van der Waals surface area contributed by atoms with Gasteiger partial charge >= 0.3 is 0 Å². The second-order valence-electron chi connectivity index (χ2n) is 4.35. The van der Waals surface area contributed by atoms with Gasteiger partial charge in [0.05, 0.1) is 18.5 Å². The molecule has 100 valence electrons. The molecule has 0 aliphatic carbocycles. The summed E-state index contributed by atoms with van der Waals surface area (Å²) in [6, 6.07) is 7.74. The van der Waals surface area contributed by atoms with Crippen LogP contribution in [-0.4, -0.2) is 24.1 Å². The quantitative estimate of drug-likeness (QED) is 0.916. The van der Waals surface area contributed by atoms with Crippen LogP contribution in [0.3, 0.4) is 0 Å². The van der Waals surface area contributed by atoms with Crippen molar-refractivity contribution in [2.24, 2.45) is 0 Å². The monoisotopic (exact) mass is 258 g/mol. The maximum Gasteiger partial charge on any atom is 0.160 e. The number of nitrogen functional groups attached to an aromatic ring is 1. The Labute approximate surface area is 113 Å². The van der Waals surface area contributed by atoms with E-state index in [1.165, 1.54) is 0 Å². The van der Waals surface area contributed by atoms with Gasteiger partial charge in [0.1, 0.15) is 11.6 Å². The lowest BCUT2D eigenvalue weighted by Gasteiger charge is -2.21. The van der Waals surface area contributed by atoms with Crippen molar-refractivity contribution < 1.29 is 4.74 Å². The molecule has 0 aliphatic rings. The molecule has 2 rings (SSSR count). The molecular weight excluding hydrogens is 240 g/mol. The molecular formula is C14H18N4O. The van der Waals surface area contributed by atoms with E-state index in [-0.39, 0.29) is 0 Å². The Kier molecular flexibility index (Phi) is 3.55. The lowest BCUT2D eigenvalue weighted by Crippen LogP contribution is -2.15. The number of rotatable bonds is 3. The Balaban J connectivity index is 2.40. The van der Waals surface area contributed by atoms with Crippen molar-refractivity contribution in [3.8, 4) is 5.75 Å². The summed E-state index contributed by atoms with van der Waals surface area (Å²) in [6.45, 7) is 3.74. The number of nitrogens with two attached hydrogens (primary N) is 1. The largest absolute Gasteiger partial charge is 0.497 e. The summed E-state index contributed by atoms with van der Waals surface area (Å²) in [6.07, 6.45) is 0. The molecule has 1 aromatic carbocycles. The molecule has 0 atom stereocenters. The van der Waals surface area contributed by atoms with Crippen LogP contribution in [0.1, 0.15) is 11.5 Å². The van der Waals surface area contributed by atoms with E-state index in [0.29, 0.717) is 11.5 Å². The summed E-state index contributed by atoms with van der Waals surface area (Å²) >= 11 is 0. The van der Waals surface area contributed by atoms with Crippen molar-refractivity contribution >= 4 is 17.2 Å². The summed E-state index contributed by atoms with van der Waals surface area (Å²) in [5, 5.41) is 0. The van der Waals surface area contributed by atoms with Crippen LogP contribution in [0.2, 0.25) is 0 Å². The number of methoxy groups -OCH3 is 1. The molecule has 0 aliphatic heterocycles. The maximum atomic E-state index is 6.05.